The average molecular weight is 228 g/mol. The van der Waals surface area contributed by atoms with Gasteiger partial charge in [-0.2, -0.15) is 11.8 Å². The number of rotatable bonds is 2. The Morgan fingerprint density at radius 2 is 2.21 bits per heavy atom. The van der Waals surface area contributed by atoms with Gasteiger partial charge in [0.15, 0.2) is 0 Å². The second kappa shape index (κ2) is 4.94. The molecule has 1 saturated heterocycles. The monoisotopic (exact) mass is 227 g/mol. The molecule has 1 atom stereocenters. The first-order chi connectivity index (χ1) is 6.86. The number of nitrogens with one attached hydrogen (secondary N) is 1. The fourth-order valence-electron chi connectivity index (χ4n) is 1.65. The number of benzene rings is 1. The molecule has 2 rings (SSSR count). The first-order valence-corrected chi connectivity index (χ1v) is 6.48. The topological polar surface area (TPSA) is 12.0 Å². The molecule has 0 unspecified atom stereocenters. The highest BCUT2D eigenvalue weighted by Crippen LogP contribution is 2.25. The number of para-hydroxylation sites is 1. The molecule has 76 valence electrons. The minimum absolute atomic E-state index is 0.591. The summed E-state index contributed by atoms with van der Waals surface area (Å²) in [6, 6.07) is 8.54. The molecule has 0 aromatic heterocycles. The maximum Gasteiger partial charge on any atom is 0.0637 e. The Balaban J connectivity index is 1.99. The van der Waals surface area contributed by atoms with Crippen LogP contribution in [-0.4, -0.2) is 17.5 Å². The van der Waals surface area contributed by atoms with E-state index in [1.807, 2.05) is 36.0 Å². The van der Waals surface area contributed by atoms with Crippen molar-refractivity contribution in [3.63, 3.8) is 0 Å². The van der Waals surface area contributed by atoms with Crippen LogP contribution in [0.4, 0.5) is 5.69 Å². The Labute approximate surface area is 94.2 Å². The van der Waals surface area contributed by atoms with Gasteiger partial charge in [-0.25, -0.2) is 0 Å². The minimum atomic E-state index is 0.591. The lowest BCUT2D eigenvalue weighted by Crippen LogP contribution is -2.25. The van der Waals surface area contributed by atoms with Gasteiger partial charge >= 0.3 is 0 Å². The molecule has 1 aromatic carbocycles. The highest BCUT2D eigenvalue weighted by atomic mass is 35.5. The number of hydrogen-bond donors (Lipinski definition) is 1. The van der Waals surface area contributed by atoms with Crippen molar-refractivity contribution >= 4 is 29.1 Å². The summed E-state index contributed by atoms with van der Waals surface area (Å²) in [5, 5.41) is 4.32. The Hall–Kier alpha value is -0.340. The molecule has 3 heteroatoms. The van der Waals surface area contributed by atoms with Crippen molar-refractivity contribution in [3.8, 4) is 0 Å². The van der Waals surface area contributed by atoms with Crippen LogP contribution >= 0.6 is 23.4 Å². The Morgan fingerprint density at radius 3 is 2.93 bits per heavy atom. The van der Waals surface area contributed by atoms with Crippen LogP contribution < -0.4 is 5.32 Å². The van der Waals surface area contributed by atoms with Crippen LogP contribution in [0.25, 0.3) is 0 Å². The second-order valence-electron chi connectivity index (χ2n) is 3.54. The minimum Gasteiger partial charge on any atom is -0.380 e. The van der Waals surface area contributed by atoms with Crippen LogP contribution in [0.15, 0.2) is 24.3 Å². The van der Waals surface area contributed by atoms with Crippen molar-refractivity contribution in [3.05, 3.63) is 29.3 Å². The Morgan fingerprint density at radius 1 is 1.36 bits per heavy atom. The summed E-state index contributed by atoms with van der Waals surface area (Å²) < 4.78 is 0. The first-order valence-electron chi connectivity index (χ1n) is 4.95. The fourth-order valence-corrected chi connectivity index (χ4v) is 2.91. The zero-order valence-electron chi connectivity index (χ0n) is 8.00. The van der Waals surface area contributed by atoms with E-state index in [2.05, 4.69) is 5.32 Å². The van der Waals surface area contributed by atoms with Gasteiger partial charge in [0, 0.05) is 11.8 Å². The molecule has 0 radical (unpaired) electrons. The van der Waals surface area contributed by atoms with Crippen LogP contribution in [0.2, 0.25) is 5.02 Å². The highest BCUT2D eigenvalue weighted by molar-refractivity contribution is 7.99. The summed E-state index contributed by atoms with van der Waals surface area (Å²) >= 11 is 8.10. The average Bonchev–Trinajstić information content (AvgIpc) is 2.23. The summed E-state index contributed by atoms with van der Waals surface area (Å²) in [5.74, 6) is 2.51. The maximum absolute atomic E-state index is 6.07. The summed E-state index contributed by atoms with van der Waals surface area (Å²) in [6.07, 6.45) is 2.57. The van der Waals surface area contributed by atoms with Crippen LogP contribution in [-0.2, 0) is 0 Å². The van der Waals surface area contributed by atoms with E-state index in [9.17, 15) is 0 Å². The van der Waals surface area contributed by atoms with E-state index in [0.717, 1.165) is 10.7 Å². The third-order valence-corrected chi connectivity index (χ3v) is 3.94. The number of hydrogen-bond acceptors (Lipinski definition) is 2. The number of halogens is 1. The van der Waals surface area contributed by atoms with E-state index in [0.29, 0.717) is 6.04 Å². The highest BCUT2D eigenvalue weighted by Gasteiger charge is 2.13. The van der Waals surface area contributed by atoms with Gasteiger partial charge in [0.05, 0.1) is 10.7 Å². The third-order valence-electron chi connectivity index (χ3n) is 2.39. The quantitative estimate of drug-likeness (QED) is 0.828. The van der Waals surface area contributed by atoms with E-state index in [1.54, 1.807) is 0 Å². The molecular formula is C11H14ClNS. The van der Waals surface area contributed by atoms with Crippen molar-refractivity contribution in [1.29, 1.82) is 0 Å². The van der Waals surface area contributed by atoms with Gasteiger partial charge in [-0.05, 0) is 30.7 Å². The maximum atomic E-state index is 6.07. The lowest BCUT2D eigenvalue weighted by atomic mass is 10.1. The summed E-state index contributed by atoms with van der Waals surface area (Å²) in [6.45, 7) is 0. The molecule has 0 saturated carbocycles. The molecule has 1 aliphatic heterocycles. The summed E-state index contributed by atoms with van der Waals surface area (Å²) in [7, 11) is 0. The third kappa shape index (κ3) is 2.58. The smallest absolute Gasteiger partial charge is 0.0637 e. The molecule has 0 bridgehead atoms. The molecule has 1 aromatic rings. The normalized spacial score (nSPS) is 21.9. The van der Waals surface area contributed by atoms with Gasteiger partial charge in [-0.1, -0.05) is 23.7 Å². The fraction of sp³-hybridized carbons (Fsp3) is 0.455. The van der Waals surface area contributed by atoms with Gasteiger partial charge in [0.2, 0.25) is 0 Å². The number of thioether (sulfide) groups is 1. The van der Waals surface area contributed by atoms with E-state index < -0.39 is 0 Å². The lowest BCUT2D eigenvalue weighted by Gasteiger charge is -2.23. The van der Waals surface area contributed by atoms with Crippen LogP contribution in [0, 0.1) is 0 Å². The van der Waals surface area contributed by atoms with Crippen molar-refractivity contribution in [2.75, 3.05) is 16.8 Å². The van der Waals surface area contributed by atoms with E-state index in [-0.39, 0.29) is 0 Å². The number of anilines is 1. The molecule has 14 heavy (non-hydrogen) atoms. The standard InChI is InChI=1S/C11H14ClNS/c12-10-5-1-2-6-11(10)13-9-4-3-7-14-8-9/h1-2,5-6,9,13H,3-4,7-8H2/t9-/m0/s1. The van der Waals surface area contributed by atoms with E-state index >= 15 is 0 Å². The SMILES string of the molecule is Clc1ccccc1N[C@H]1CCCSC1. The molecule has 1 aliphatic rings. The molecule has 0 amide bonds. The van der Waals surface area contributed by atoms with Crippen molar-refractivity contribution in [1.82, 2.24) is 0 Å². The molecule has 1 nitrogen and oxygen atoms in total. The predicted molar refractivity (Wildman–Crippen MR) is 65.4 cm³/mol. The molecule has 1 fully saturated rings. The largest absolute Gasteiger partial charge is 0.380 e. The van der Waals surface area contributed by atoms with Crippen LogP contribution in [0.3, 0.4) is 0 Å². The summed E-state index contributed by atoms with van der Waals surface area (Å²) in [4.78, 5) is 0. The van der Waals surface area contributed by atoms with Crippen LogP contribution in [0.1, 0.15) is 12.8 Å². The molecule has 0 spiro atoms. The Kier molecular flexibility index (Phi) is 3.60. The van der Waals surface area contributed by atoms with Crippen LogP contribution in [0.5, 0.6) is 0 Å². The first kappa shape index (κ1) is 10.2. The summed E-state index contributed by atoms with van der Waals surface area (Å²) in [5.41, 5.74) is 1.07. The molecule has 0 aliphatic carbocycles. The van der Waals surface area contributed by atoms with Gasteiger partial charge in [-0.15, -0.1) is 0 Å². The van der Waals surface area contributed by atoms with Crippen molar-refractivity contribution in [2.45, 2.75) is 18.9 Å². The molecular weight excluding hydrogens is 214 g/mol. The van der Waals surface area contributed by atoms with Gasteiger partial charge in [0.1, 0.15) is 0 Å². The second-order valence-corrected chi connectivity index (χ2v) is 5.10. The zero-order valence-corrected chi connectivity index (χ0v) is 9.57. The predicted octanol–water partition coefficient (Wildman–Crippen LogP) is 3.65. The van der Waals surface area contributed by atoms with E-state index in [4.69, 9.17) is 11.6 Å². The van der Waals surface area contributed by atoms with Gasteiger partial charge in [0.25, 0.3) is 0 Å². The lowest BCUT2D eigenvalue weighted by molar-refractivity contribution is 0.685. The van der Waals surface area contributed by atoms with Crippen molar-refractivity contribution < 1.29 is 0 Å². The Bertz CT molecular complexity index is 297. The van der Waals surface area contributed by atoms with E-state index in [1.165, 1.54) is 24.3 Å². The molecule has 1 N–H and O–H groups in total. The van der Waals surface area contributed by atoms with Crippen molar-refractivity contribution in [2.24, 2.45) is 0 Å². The van der Waals surface area contributed by atoms with Gasteiger partial charge in [-0.3, -0.25) is 0 Å². The van der Waals surface area contributed by atoms with Gasteiger partial charge < -0.3 is 5.32 Å². The zero-order chi connectivity index (χ0) is 9.80. The molecule has 1 heterocycles.